The summed E-state index contributed by atoms with van der Waals surface area (Å²) in [5.41, 5.74) is 3.44. The van der Waals surface area contributed by atoms with Crippen LogP contribution in [0.2, 0.25) is 0 Å². The van der Waals surface area contributed by atoms with E-state index in [1.807, 2.05) is 18.2 Å². The molecule has 0 radical (unpaired) electrons. The summed E-state index contributed by atoms with van der Waals surface area (Å²) in [6, 6.07) is 8.18. The minimum absolute atomic E-state index is 0.187. The Hall–Kier alpha value is -1.17. The van der Waals surface area contributed by atoms with Crippen LogP contribution in [0, 0.1) is 5.82 Å². The molecule has 0 spiro atoms. The summed E-state index contributed by atoms with van der Waals surface area (Å²) >= 11 is 3.26. The molecule has 1 heterocycles. The summed E-state index contributed by atoms with van der Waals surface area (Å²) in [6.07, 6.45) is 2.17. The Balaban J connectivity index is 2.22. The van der Waals surface area contributed by atoms with E-state index in [0.29, 0.717) is 10.9 Å². The first-order valence-corrected chi connectivity index (χ1v) is 5.93. The predicted molar refractivity (Wildman–Crippen MR) is 66.6 cm³/mol. The lowest BCUT2D eigenvalue weighted by Gasteiger charge is -2.15. The summed E-state index contributed by atoms with van der Waals surface area (Å²) in [4.78, 5) is 0. The maximum absolute atomic E-state index is 13.3. The van der Waals surface area contributed by atoms with Gasteiger partial charge in [0.15, 0.2) is 0 Å². The van der Waals surface area contributed by atoms with Crippen molar-refractivity contribution in [2.24, 2.45) is 5.84 Å². The molecule has 0 aliphatic heterocycles. The predicted octanol–water partition coefficient (Wildman–Crippen LogP) is 2.93. The molecule has 90 valence electrons. The number of rotatable bonds is 4. The van der Waals surface area contributed by atoms with Crippen molar-refractivity contribution in [3.8, 4) is 0 Å². The van der Waals surface area contributed by atoms with Gasteiger partial charge in [-0.1, -0.05) is 15.9 Å². The first-order chi connectivity index (χ1) is 8.19. The monoisotopic (exact) mass is 298 g/mol. The standard InChI is InChI=1S/C12H12BrFN2O/c13-9-4-8(5-10(14)6-9)12(16-15)7-11-2-1-3-17-11/h1-6,12,16H,7,15H2. The van der Waals surface area contributed by atoms with Crippen LogP contribution in [-0.4, -0.2) is 0 Å². The fourth-order valence-electron chi connectivity index (χ4n) is 1.68. The van der Waals surface area contributed by atoms with Crippen LogP contribution in [0.15, 0.2) is 45.5 Å². The summed E-state index contributed by atoms with van der Waals surface area (Å²) < 4.78 is 19.2. The molecular weight excluding hydrogens is 287 g/mol. The fraction of sp³-hybridized carbons (Fsp3) is 0.167. The van der Waals surface area contributed by atoms with E-state index in [-0.39, 0.29) is 11.9 Å². The lowest BCUT2D eigenvalue weighted by atomic mass is 10.0. The van der Waals surface area contributed by atoms with Crippen LogP contribution in [-0.2, 0) is 6.42 Å². The molecule has 2 aromatic rings. The third-order valence-corrected chi connectivity index (χ3v) is 2.93. The van der Waals surface area contributed by atoms with E-state index in [4.69, 9.17) is 10.3 Å². The Morgan fingerprint density at radius 3 is 2.82 bits per heavy atom. The summed E-state index contributed by atoms with van der Waals surface area (Å²) in [5, 5.41) is 0. The van der Waals surface area contributed by atoms with Crippen LogP contribution in [0.1, 0.15) is 17.4 Å². The second-order valence-electron chi connectivity index (χ2n) is 3.71. The van der Waals surface area contributed by atoms with Crippen molar-refractivity contribution in [2.45, 2.75) is 12.5 Å². The highest BCUT2D eigenvalue weighted by molar-refractivity contribution is 9.10. The molecule has 1 atom stereocenters. The molecule has 5 heteroatoms. The number of hydrogen-bond donors (Lipinski definition) is 2. The van der Waals surface area contributed by atoms with Crippen molar-refractivity contribution in [1.29, 1.82) is 0 Å². The van der Waals surface area contributed by atoms with E-state index in [9.17, 15) is 4.39 Å². The molecule has 2 rings (SSSR count). The number of nitrogens with one attached hydrogen (secondary N) is 1. The third kappa shape index (κ3) is 3.15. The quantitative estimate of drug-likeness (QED) is 0.674. The SMILES string of the molecule is NNC(Cc1ccco1)c1cc(F)cc(Br)c1. The molecule has 0 aliphatic rings. The second-order valence-corrected chi connectivity index (χ2v) is 4.62. The van der Waals surface area contributed by atoms with Crippen molar-refractivity contribution in [3.63, 3.8) is 0 Å². The van der Waals surface area contributed by atoms with E-state index >= 15 is 0 Å². The summed E-state index contributed by atoms with van der Waals surface area (Å²) in [6.45, 7) is 0. The Morgan fingerprint density at radius 2 is 2.24 bits per heavy atom. The van der Waals surface area contributed by atoms with Gasteiger partial charge in [0.25, 0.3) is 0 Å². The van der Waals surface area contributed by atoms with E-state index < -0.39 is 0 Å². The van der Waals surface area contributed by atoms with Gasteiger partial charge in [0.1, 0.15) is 11.6 Å². The Morgan fingerprint density at radius 1 is 1.41 bits per heavy atom. The maximum atomic E-state index is 13.3. The van der Waals surface area contributed by atoms with Crippen LogP contribution < -0.4 is 11.3 Å². The van der Waals surface area contributed by atoms with Crippen molar-refractivity contribution in [3.05, 3.63) is 58.2 Å². The van der Waals surface area contributed by atoms with Crippen LogP contribution >= 0.6 is 15.9 Å². The van der Waals surface area contributed by atoms with Gasteiger partial charge in [-0.25, -0.2) is 4.39 Å². The first kappa shape index (κ1) is 12.3. The van der Waals surface area contributed by atoms with Crippen LogP contribution in [0.3, 0.4) is 0 Å². The zero-order valence-corrected chi connectivity index (χ0v) is 10.6. The van der Waals surface area contributed by atoms with Gasteiger partial charge >= 0.3 is 0 Å². The van der Waals surface area contributed by atoms with Crippen molar-refractivity contribution < 1.29 is 8.81 Å². The van der Waals surface area contributed by atoms with Gasteiger partial charge in [0.2, 0.25) is 0 Å². The molecule has 0 aliphatic carbocycles. The largest absolute Gasteiger partial charge is 0.469 e. The molecule has 0 amide bonds. The van der Waals surface area contributed by atoms with E-state index in [0.717, 1.165) is 11.3 Å². The third-order valence-electron chi connectivity index (χ3n) is 2.47. The number of hydrogen-bond acceptors (Lipinski definition) is 3. The topological polar surface area (TPSA) is 51.2 Å². The van der Waals surface area contributed by atoms with Crippen LogP contribution in [0.25, 0.3) is 0 Å². The Kier molecular flexibility index (Phi) is 3.93. The molecule has 0 bridgehead atoms. The fourth-order valence-corrected chi connectivity index (χ4v) is 2.16. The molecule has 1 aromatic heterocycles. The highest BCUT2D eigenvalue weighted by Crippen LogP contribution is 2.23. The zero-order chi connectivity index (χ0) is 12.3. The van der Waals surface area contributed by atoms with Gasteiger partial charge in [-0.2, -0.15) is 0 Å². The summed E-state index contributed by atoms with van der Waals surface area (Å²) in [5.74, 6) is 5.99. The number of benzene rings is 1. The molecule has 0 fully saturated rings. The average molecular weight is 299 g/mol. The molecule has 3 nitrogen and oxygen atoms in total. The van der Waals surface area contributed by atoms with Gasteiger partial charge in [-0.15, -0.1) is 0 Å². The van der Waals surface area contributed by atoms with Gasteiger partial charge in [-0.05, 0) is 35.9 Å². The van der Waals surface area contributed by atoms with Crippen LogP contribution in [0.5, 0.6) is 0 Å². The maximum Gasteiger partial charge on any atom is 0.124 e. The molecule has 1 aromatic carbocycles. The first-order valence-electron chi connectivity index (χ1n) is 5.13. The van der Waals surface area contributed by atoms with E-state index in [1.54, 1.807) is 6.26 Å². The van der Waals surface area contributed by atoms with Crippen molar-refractivity contribution in [2.75, 3.05) is 0 Å². The lowest BCUT2D eigenvalue weighted by molar-refractivity contribution is 0.453. The number of hydrazine groups is 1. The molecule has 17 heavy (non-hydrogen) atoms. The molecule has 0 saturated carbocycles. The number of nitrogens with two attached hydrogens (primary N) is 1. The summed E-state index contributed by atoms with van der Waals surface area (Å²) in [7, 11) is 0. The molecule has 0 saturated heterocycles. The lowest BCUT2D eigenvalue weighted by Crippen LogP contribution is -2.29. The Labute approximate surface area is 107 Å². The van der Waals surface area contributed by atoms with Gasteiger partial charge in [-0.3, -0.25) is 11.3 Å². The van der Waals surface area contributed by atoms with Gasteiger partial charge < -0.3 is 4.42 Å². The average Bonchev–Trinajstić information content (AvgIpc) is 2.77. The molecular formula is C12H12BrFN2O. The smallest absolute Gasteiger partial charge is 0.124 e. The molecule has 1 unspecified atom stereocenters. The van der Waals surface area contributed by atoms with E-state index in [1.165, 1.54) is 12.1 Å². The number of furan rings is 1. The minimum atomic E-state index is -0.297. The van der Waals surface area contributed by atoms with Crippen LogP contribution in [0.4, 0.5) is 4.39 Å². The Bertz CT molecular complexity index is 467. The van der Waals surface area contributed by atoms with Gasteiger partial charge in [0, 0.05) is 10.9 Å². The minimum Gasteiger partial charge on any atom is -0.469 e. The second kappa shape index (κ2) is 5.44. The van der Waals surface area contributed by atoms with Crippen molar-refractivity contribution >= 4 is 15.9 Å². The molecule has 3 N–H and O–H groups in total. The highest BCUT2D eigenvalue weighted by atomic mass is 79.9. The van der Waals surface area contributed by atoms with Gasteiger partial charge in [0.05, 0.1) is 12.3 Å². The highest BCUT2D eigenvalue weighted by Gasteiger charge is 2.13. The van der Waals surface area contributed by atoms with E-state index in [2.05, 4.69) is 21.4 Å². The number of halogens is 2. The normalized spacial score (nSPS) is 12.6. The van der Waals surface area contributed by atoms with Crippen molar-refractivity contribution in [1.82, 2.24) is 5.43 Å². The zero-order valence-electron chi connectivity index (χ0n) is 8.99.